The van der Waals surface area contributed by atoms with Crippen molar-refractivity contribution in [2.75, 3.05) is 5.73 Å². The fraction of sp³-hybridized carbons (Fsp3) is 0.167. The van der Waals surface area contributed by atoms with Crippen molar-refractivity contribution in [3.8, 4) is 0 Å². The Morgan fingerprint density at radius 2 is 2.21 bits per heavy atom. The summed E-state index contributed by atoms with van der Waals surface area (Å²) in [6.45, 7) is 1.66. The van der Waals surface area contributed by atoms with Crippen molar-refractivity contribution in [2.24, 2.45) is 0 Å². The molecule has 0 saturated carbocycles. The first kappa shape index (κ1) is 13.0. The van der Waals surface area contributed by atoms with E-state index >= 15 is 0 Å². The first-order valence-electron chi connectivity index (χ1n) is 5.53. The molecule has 1 unspecified atom stereocenters. The molecular formula is C12H12F2N4O. The van der Waals surface area contributed by atoms with Gasteiger partial charge in [0.05, 0.1) is 17.3 Å². The van der Waals surface area contributed by atoms with Crippen LogP contribution >= 0.6 is 0 Å². The summed E-state index contributed by atoms with van der Waals surface area (Å²) in [5.74, 6) is -1.95. The molecule has 2 aromatic rings. The van der Waals surface area contributed by atoms with Crippen LogP contribution in [0.25, 0.3) is 0 Å². The Balaban J connectivity index is 2.21. The van der Waals surface area contributed by atoms with Crippen LogP contribution in [0.15, 0.2) is 24.5 Å². The quantitative estimate of drug-likeness (QED) is 0.740. The van der Waals surface area contributed by atoms with Gasteiger partial charge in [-0.05, 0) is 19.1 Å². The summed E-state index contributed by atoms with van der Waals surface area (Å²) >= 11 is 0. The third kappa shape index (κ3) is 2.70. The second-order valence-corrected chi connectivity index (χ2v) is 4.03. The molecule has 1 heterocycles. The number of nitrogens with two attached hydrogens (primary N) is 1. The van der Waals surface area contributed by atoms with Gasteiger partial charge in [0, 0.05) is 12.4 Å². The zero-order valence-electron chi connectivity index (χ0n) is 10.1. The molecule has 0 aliphatic rings. The Bertz CT molecular complexity index is 598. The van der Waals surface area contributed by atoms with Crippen LogP contribution in [0.5, 0.6) is 0 Å². The van der Waals surface area contributed by atoms with Gasteiger partial charge < -0.3 is 16.0 Å². The van der Waals surface area contributed by atoms with Crippen LogP contribution < -0.4 is 11.1 Å². The van der Waals surface area contributed by atoms with E-state index in [0.717, 1.165) is 12.1 Å². The van der Waals surface area contributed by atoms with Gasteiger partial charge in [0.1, 0.15) is 11.6 Å². The first-order valence-corrected chi connectivity index (χ1v) is 5.53. The number of nitrogen functional groups attached to an aromatic ring is 1. The Hall–Kier alpha value is -2.44. The number of aromatic amines is 1. The molecule has 1 aromatic heterocycles. The number of rotatable bonds is 3. The normalized spacial score (nSPS) is 12.2. The molecule has 0 aliphatic heterocycles. The van der Waals surface area contributed by atoms with Gasteiger partial charge in [0.25, 0.3) is 5.91 Å². The second-order valence-electron chi connectivity index (χ2n) is 4.03. The van der Waals surface area contributed by atoms with E-state index < -0.39 is 34.8 Å². The predicted octanol–water partition coefficient (Wildman–Crippen LogP) is 1.76. The monoisotopic (exact) mass is 266 g/mol. The van der Waals surface area contributed by atoms with Crippen LogP contribution in [0, 0.1) is 11.6 Å². The van der Waals surface area contributed by atoms with Gasteiger partial charge in [0.15, 0.2) is 5.82 Å². The predicted molar refractivity (Wildman–Crippen MR) is 65.2 cm³/mol. The van der Waals surface area contributed by atoms with Crippen LogP contribution in [0.2, 0.25) is 0 Å². The minimum atomic E-state index is -0.939. The van der Waals surface area contributed by atoms with Gasteiger partial charge in [-0.1, -0.05) is 0 Å². The molecule has 1 atom stereocenters. The van der Waals surface area contributed by atoms with E-state index in [0.29, 0.717) is 5.82 Å². The summed E-state index contributed by atoms with van der Waals surface area (Å²) in [4.78, 5) is 18.6. The first-order chi connectivity index (χ1) is 8.99. The average molecular weight is 266 g/mol. The number of carbonyl (C=O) groups is 1. The highest BCUT2D eigenvalue weighted by Gasteiger charge is 2.19. The number of anilines is 1. The fourth-order valence-corrected chi connectivity index (χ4v) is 1.63. The maximum Gasteiger partial charge on any atom is 0.255 e. The van der Waals surface area contributed by atoms with Crippen LogP contribution in [0.3, 0.4) is 0 Å². The number of H-pyrrole nitrogens is 1. The molecule has 0 bridgehead atoms. The highest BCUT2D eigenvalue weighted by atomic mass is 19.1. The summed E-state index contributed by atoms with van der Waals surface area (Å²) in [7, 11) is 0. The maximum atomic E-state index is 13.6. The summed E-state index contributed by atoms with van der Waals surface area (Å²) in [6, 6.07) is 1.16. The van der Waals surface area contributed by atoms with Crippen LogP contribution in [-0.2, 0) is 0 Å². The Labute approximate surface area is 107 Å². The topological polar surface area (TPSA) is 83.8 Å². The SMILES string of the molecule is CC(NC(=O)c1cc(F)cc(N)c1F)c1ncc[nH]1. The van der Waals surface area contributed by atoms with Gasteiger partial charge in [-0.2, -0.15) is 0 Å². The van der Waals surface area contributed by atoms with Gasteiger partial charge in [-0.25, -0.2) is 13.8 Å². The van der Waals surface area contributed by atoms with Crippen LogP contribution in [0.4, 0.5) is 14.5 Å². The molecule has 5 nitrogen and oxygen atoms in total. The summed E-state index contributed by atoms with van der Waals surface area (Å²) < 4.78 is 26.8. The Kier molecular flexibility index (Phi) is 3.46. The van der Waals surface area contributed by atoms with Crippen LogP contribution in [0.1, 0.15) is 29.1 Å². The summed E-state index contributed by atoms with van der Waals surface area (Å²) in [6.07, 6.45) is 3.12. The molecule has 2 rings (SSSR count). The number of aromatic nitrogens is 2. The molecule has 0 radical (unpaired) electrons. The number of amides is 1. The van der Waals surface area contributed by atoms with E-state index in [-0.39, 0.29) is 0 Å². The average Bonchev–Trinajstić information content (AvgIpc) is 2.87. The number of imidazole rings is 1. The number of nitrogens with zero attached hydrogens (tertiary/aromatic N) is 1. The molecule has 4 N–H and O–H groups in total. The van der Waals surface area contributed by atoms with E-state index in [1.807, 2.05) is 0 Å². The smallest absolute Gasteiger partial charge is 0.255 e. The fourth-order valence-electron chi connectivity index (χ4n) is 1.63. The molecule has 1 amide bonds. The molecule has 0 fully saturated rings. The molecule has 0 spiro atoms. The van der Waals surface area contributed by atoms with E-state index in [1.165, 1.54) is 6.20 Å². The molecule has 7 heteroatoms. The summed E-state index contributed by atoms with van der Waals surface area (Å²) in [5.41, 5.74) is 4.43. The van der Waals surface area contributed by atoms with Crippen LogP contribution in [-0.4, -0.2) is 15.9 Å². The summed E-state index contributed by atoms with van der Waals surface area (Å²) in [5, 5.41) is 2.50. The minimum absolute atomic E-state index is 0.407. The molecule has 100 valence electrons. The molecule has 0 saturated heterocycles. The zero-order chi connectivity index (χ0) is 14.0. The lowest BCUT2D eigenvalue weighted by molar-refractivity contribution is 0.0934. The van der Waals surface area contributed by atoms with Crippen molar-refractivity contribution < 1.29 is 13.6 Å². The highest BCUT2D eigenvalue weighted by molar-refractivity contribution is 5.95. The lowest BCUT2D eigenvalue weighted by Crippen LogP contribution is -2.28. The van der Waals surface area contributed by atoms with Crippen molar-refractivity contribution in [3.05, 3.63) is 47.5 Å². The van der Waals surface area contributed by atoms with Crippen molar-refractivity contribution in [1.29, 1.82) is 0 Å². The minimum Gasteiger partial charge on any atom is -0.396 e. The second kappa shape index (κ2) is 5.05. The molecule has 19 heavy (non-hydrogen) atoms. The Morgan fingerprint density at radius 1 is 1.47 bits per heavy atom. The van der Waals surface area contributed by atoms with Gasteiger partial charge in [0.2, 0.25) is 0 Å². The third-order valence-corrected chi connectivity index (χ3v) is 2.59. The number of halogens is 2. The number of benzene rings is 1. The van der Waals surface area contributed by atoms with Crippen molar-refractivity contribution >= 4 is 11.6 Å². The van der Waals surface area contributed by atoms with Crippen molar-refractivity contribution in [3.63, 3.8) is 0 Å². The van der Waals surface area contributed by atoms with Gasteiger partial charge in [-0.3, -0.25) is 4.79 Å². The Morgan fingerprint density at radius 3 is 2.84 bits per heavy atom. The molecule has 0 aliphatic carbocycles. The number of carbonyl (C=O) groups excluding carboxylic acids is 1. The molecule has 1 aromatic carbocycles. The third-order valence-electron chi connectivity index (χ3n) is 2.59. The number of hydrogen-bond acceptors (Lipinski definition) is 3. The van der Waals surface area contributed by atoms with Crippen molar-refractivity contribution in [1.82, 2.24) is 15.3 Å². The lowest BCUT2D eigenvalue weighted by atomic mass is 10.1. The highest BCUT2D eigenvalue weighted by Crippen LogP contribution is 2.18. The largest absolute Gasteiger partial charge is 0.396 e. The number of nitrogens with one attached hydrogen (secondary N) is 2. The van der Waals surface area contributed by atoms with E-state index in [2.05, 4.69) is 15.3 Å². The van der Waals surface area contributed by atoms with E-state index in [1.54, 1.807) is 13.1 Å². The van der Waals surface area contributed by atoms with E-state index in [4.69, 9.17) is 5.73 Å². The van der Waals surface area contributed by atoms with Crippen molar-refractivity contribution in [2.45, 2.75) is 13.0 Å². The van der Waals surface area contributed by atoms with Gasteiger partial charge >= 0.3 is 0 Å². The zero-order valence-corrected chi connectivity index (χ0v) is 10.1. The lowest BCUT2D eigenvalue weighted by Gasteiger charge is -2.12. The molecular weight excluding hydrogens is 254 g/mol. The standard InChI is InChI=1S/C12H12F2N4O/c1-6(11-16-2-3-17-11)18-12(19)8-4-7(13)5-9(15)10(8)14/h2-6H,15H2,1H3,(H,16,17)(H,18,19). The van der Waals surface area contributed by atoms with E-state index in [9.17, 15) is 13.6 Å². The van der Waals surface area contributed by atoms with Gasteiger partial charge in [-0.15, -0.1) is 0 Å². The maximum absolute atomic E-state index is 13.6. The number of hydrogen-bond donors (Lipinski definition) is 3.